The van der Waals surface area contributed by atoms with Crippen LogP contribution in [0.5, 0.6) is 5.75 Å². The summed E-state index contributed by atoms with van der Waals surface area (Å²) in [5.74, 6) is -3.98. The number of carbonyl (C=O) groups is 3. The lowest BCUT2D eigenvalue weighted by Gasteiger charge is -2.19. The van der Waals surface area contributed by atoms with Gasteiger partial charge in [0, 0.05) is 19.2 Å². The number of methoxy groups -OCH3 is 1. The highest BCUT2D eigenvalue weighted by Crippen LogP contribution is 2.28. The summed E-state index contributed by atoms with van der Waals surface area (Å²) in [4.78, 5) is 35.3. The maximum absolute atomic E-state index is 13.3. The van der Waals surface area contributed by atoms with Crippen LogP contribution in [0, 0.1) is 13.8 Å². The van der Waals surface area contributed by atoms with Crippen molar-refractivity contribution in [2.24, 2.45) is 4.99 Å². The molecule has 2 heterocycles. The first kappa shape index (κ1) is 43.1. The molecule has 286 valence electrons. The van der Waals surface area contributed by atoms with Crippen LogP contribution in [-0.4, -0.2) is 85.2 Å². The first-order chi connectivity index (χ1) is 23.8. The highest BCUT2D eigenvalue weighted by atomic mass is 32.2. The number of amides is 1. The second kappa shape index (κ2) is 16.9. The number of alkyl halides is 6. The quantitative estimate of drug-likeness (QED) is 0.215. The molecule has 0 unspecified atom stereocenters. The molecule has 0 saturated carbocycles. The Hall–Kier alpha value is -5.11. The van der Waals surface area contributed by atoms with Crippen LogP contribution < -0.4 is 15.4 Å². The number of carboxylic acid groups (broad SMARTS) is 2. The number of carboxylic acids is 2. The fourth-order valence-electron chi connectivity index (χ4n) is 4.38. The molecule has 52 heavy (non-hydrogen) atoms. The Labute approximate surface area is 294 Å². The zero-order valence-electron chi connectivity index (χ0n) is 28.6. The molecular formula is C32H36F6N4O9S. The molecule has 3 aromatic rings. The van der Waals surface area contributed by atoms with Gasteiger partial charge in [0.05, 0.1) is 36.2 Å². The number of nitrogens with zero attached hydrogens (tertiary/aromatic N) is 2. The SMILES string of the molecule is COc1cc(C)c(S(=O)(=O)N(C)Cc2cc(C(=O)NCc3ccc(C4=NCC(C)(C)N4)cc3)co2)c(C)c1.O=C(O)C(F)(F)F.O=C(O)C(F)(F)F. The van der Waals surface area contributed by atoms with Crippen LogP contribution in [0.3, 0.4) is 0 Å². The van der Waals surface area contributed by atoms with E-state index in [1.54, 1.807) is 39.2 Å². The maximum atomic E-state index is 13.3. The van der Waals surface area contributed by atoms with E-state index in [-0.39, 0.29) is 22.9 Å². The van der Waals surface area contributed by atoms with Gasteiger partial charge in [0.1, 0.15) is 23.6 Å². The van der Waals surface area contributed by atoms with Crippen molar-refractivity contribution in [3.05, 3.63) is 82.3 Å². The van der Waals surface area contributed by atoms with Gasteiger partial charge in [-0.2, -0.15) is 30.6 Å². The van der Waals surface area contributed by atoms with Crippen molar-refractivity contribution in [3.63, 3.8) is 0 Å². The number of rotatable bonds is 9. The van der Waals surface area contributed by atoms with Crippen molar-refractivity contribution in [2.75, 3.05) is 20.7 Å². The fourth-order valence-corrected chi connectivity index (χ4v) is 5.92. The molecule has 20 heteroatoms. The molecule has 0 bridgehead atoms. The predicted octanol–water partition coefficient (Wildman–Crippen LogP) is 5.05. The largest absolute Gasteiger partial charge is 0.497 e. The van der Waals surface area contributed by atoms with Gasteiger partial charge >= 0.3 is 24.3 Å². The molecule has 1 aliphatic rings. The van der Waals surface area contributed by atoms with E-state index < -0.39 is 34.3 Å². The number of amidine groups is 1. The summed E-state index contributed by atoms with van der Waals surface area (Å²) in [6.07, 6.45) is -8.83. The molecule has 1 aromatic heterocycles. The summed E-state index contributed by atoms with van der Waals surface area (Å²) in [5.41, 5.74) is 3.42. The summed E-state index contributed by atoms with van der Waals surface area (Å²) in [7, 11) is -0.767. The first-order valence-corrected chi connectivity index (χ1v) is 16.2. The number of furan rings is 1. The average molecular weight is 767 g/mol. The van der Waals surface area contributed by atoms with Crippen molar-refractivity contribution < 1.29 is 68.5 Å². The van der Waals surface area contributed by atoms with E-state index in [9.17, 15) is 39.6 Å². The van der Waals surface area contributed by atoms with Gasteiger partial charge in [-0.05, 0) is 62.6 Å². The Balaban J connectivity index is 0.000000564. The Morgan fingerprint density at radius 2 is 1.48 bits per heavy atom. The van der Waals surface area contributed by atoms with Crippen molar-refractivity contribution in [1.82, 2.24) is 14.9 Å². The number of nitrogens with one attached hydrogen (secondary N) is 2. The van der Waals surface area contributed by atoms with Crippen molar-refractivity contribution in [3.8, 4) is 5.75 Å². The van der Waals surface area contributed by atoms with E-state index in [1.807, 2.05) is 24.3 Å². The second-order valence-corrected chi connectivity index (χ2v) is 13.8. The van der Waals surface area contributed by atoms with Gasteiger partial charge in [-0.15, -0.1) is 0 Å². The number of aliphatic carboxylic acids is 2. The molecule has 0 saturated heterocycles. The van der Waals surface area contributed by atoms with E-state index in [0.717, 1.165) is 23.5 Å². The minimum Gasteiger partial charge on any atom is -0.497 e. The molecule has 4 rings (SSSR count). The molecule has 0 spiro atoms. The first-order valence-electron chi connectivity index (χ1n) is 14.8. The van der Waals surface area contributed by atoms with Crippen molar-refractivity contribution >= 4 is 33.7 Å². The van der Waals surface area contributed by atoms with Crippen LogP contribution >= 0.6 is 0 Å². The summed E-state index contributed by atoms with van der Waals surface area (Å²) >= 11 is 0. The van der Waals surface area contributed by atoms with E-state index in [1.165, 1.54) is 17.6 Å². The molecule has 2 aromatic carbocycles. The number of benzene rings is 2. The van der Waals surface area contributed by atoms with Crippen LogP contribution in [0.15, 0.2) is 63.0 Å². The third-order valence-corrected chi connectivity index (χ3v) is 9.00. The van der Waals surface area contributed by atoms with Crippen LogP contribution in [0.25, 0.3) is 0 Å². The lowest BCUT2D eigenvalue weighted by Crippen LogP contribution is -2.39. The Morgan fingerprint density at radius 1 is 0.981 bits per heavy atom. The van der Waals surface area contributed by atoms with Gasteiger partial charge in [0.25, 0.3) is 5.91 Å². The third kappa shape index (κ3) is 12.3. The van der Waals surface area contributed by atoms with Crippen LogP contribution in [0.4, 0.5) is 26.3 Å². The normalized spacial score (nSPS) is 13.8. The number of aryl methyl sites for hydroxylation is 2. The van der Waals surface area contributed by atoms with Gasteiger partial charge in [-0.1, -0.05) is 24.3 Å². The van der Waals surface area contributed by atoms with E-state index in [4.69, 9.17) is 29.0 Å². The highest BCUT2D eigenvalue weighted by molar-refractivity contribution is 7.89. The van der Waals surface area contributed by atoms with E-state index in [2.05, 4.69) is 29.5 Å². The van der Waals surface area contributed by atoms with Crippen molar-refractivity contribution in [1.29, 1.82) is 0 Å². The Morgan fingerprint density at radius 3 is 1.90 bits per heavy atom. The van der Waals surface area contributed by atoms with Gasteiger partial charge < -0.3 is 30.0 Å². The molecule has 1 amide bonds. The molecule has 0 atom stereocenters. The third-order valence-electron chi connectivity index (χ3n) is 6.89. The number of carbonyl (C=O) groups excluding carboxylic acids is 1. The van der Waals surface area contributed by atoms with Gasteiger partial charge in [-0.3, -0.25) is 9.79 Å². The number of halogens is 6. The van der Waals surface area contributed by atoms with Crippen LogP contribution in [0.1, 0.15) is 52.2 Å². The minimum atomic E-state index is -5.08. The molecular weight excluding hydrogens is 730 g/mol. The van der Waals surface area contributed by atoms with Gasteiger partial charge in [-0.25, -0.2) is 18.0 Å². The number of aliphatic imine (C=N–C) groups is 1. The average Bonchev–Trinajstić information content (AvgIpc) is 3.65. The summed E-state index contributed by atoms with van der Waals surface area (Å²) in [6.45, 7) is 8.74. The smallest absolute Gasteiger partial charge is 0.490 e. The fraction of sp³-hybridized carbons (Fsp3) is 0.375. The van der Waals surface area contributed by atoms with E-state index in [0.29, 0.717) is 34.7 Å². The van der Waals surface area contributed by atoms with Gasteiger partial charge in [0.15, 0.2) is 0 Å². The maximum Gasteiger partial charge on any atom is 0.490 e. The lowest BCUT2D eigenvalue weighted by atomic mass is 10.1. The lowest BCUT2D eigenvalue weighted by molar-refractivity contribution is -0.193. The summed E-state index contributed by atoms with van der Waals surface area (Å²) in [6, 6.07) is 12.8. The topological polar surface area (TPSA) is 188 Å². The zero-order valence-corrected chi connectivity index (χ0v) is 29.4. The highest BCUT2D eigenvalue weighted by Gasteiger charge is 2.39. The molecule has 4 N–H and O–H groups in total. The number of hydrogen-bond acceptors (Lipinski definition) is 9. The predicted molar refractivity (Wildman–Crippen MR) is 173 cm³/mol. The Bertz CT molecular complexity index is 1840. The molecule has 0 aliphatic carbocycles. The number of sulfonamides is 1. The van der Waals surface area contributed by atoms with E-state index >= 15 is 0 Å². The minimum absolute atomic E-state index is 0.0172. The molecule has 0 radical (unpaired) electrons. The van der Waals surface area contributed by atoms with Gasteiger partial charge in [0.2, 0.25) is 10.0 Å². The number of hydrogen-bond donors (Lipinski definition) is 4. The second-order valence-electron chi connectivity index (χ2n) is 11.8. The standard InChI is InChI=1S/C28H34N4O5S.2C2HF3O2/c1-18-11-23(36-6)12-19(2)25(18)38(34,35)32(5)15-24-13-22(16-37-24)27(33)29-14-20-7-9-21(10-8-20)26-30-17-28(3,4)31-26;2*3-2(4,5)1(6)7/h7-13,16H,14-15,17H2,1-6H3,(H,29,33)(H,30,31);2*(H,6,7). The van der Waals surface area contributed by atoms with Crippen LogP contribution in [0.2, 0.25) is 0 Å². The number of ether oxygens (including phenoxy) is 1. The van der Waals surface area contributed by atoms with Crippen molar-refractivity contribution in [2.45, 2.75) is 63.6 Å². The van der Waals surface area contributed by atoms with Crippen LogP contribution in [-0.2, 0) is 32.7 Å². The molecule has 0 fully saturated rings. The molecule has 13 nitrogen and oxygen atoms in total. The summed E-state index contributed by atoms with van der Waals surface area (Å²) < 4.78 is 102. The Kier molecular flexibility index (Phi) is 14.0. The zero-order chi connectivity index (χ0) is 39.8. The molecule has 1 aliphatic heterocycles. The monoisotopic (exact) mass is 766 g/mol. The summed E-state index contributed by atoms with van der Waals surface area (Å²) in [5, 5.41) is 20.5.